The fourth-order valence-corrected chi connectivity index (χ4v) is 6.77. The minimum Gasteiger partial charge on any atom is -0.491 e. The third kappa shape index (κ3) is 10.0. The van der Waals surface area contributed by atoms with E-state index in [1.165, 1.54) is 11.4 Å². The maximum absolute atomic E-state index is 13.6. The highest BCUT2D eigenvalue weighted by atomic mass is 32.2. The lowest BCUT2D eigenvalue weighted by atomic mass is 9.96. The summed E-state index contributed by atoms with van der Waals surface area (Å²) in [5.41, 5.74) is 7.31. The molecule has 5 rings (SSSR count). The van der Waals surface area contributed by atoms with E-state index < -0.39 is 0 Å². The van der Waals surface area contributed by atoms with E-state index in [4.69, 9.17) is 9.47 Å². The van der Waals surface area contributed by atoms with E-state index >= 15 is 0 Å². The van der Waals surface area contributed by atoms with Crippen LogP contribution < -0.4 is 15.0 Å². The Bertz CT molecular complexity index is 1610. The van der Waals surface area contributed by atoms with E-state index in [9.17, 15) is 4.79 Å². The van der Waals surface area contributed by atoms with Gasteiger partial charge in [-0.2, -0.15) is 0 Å². The molecule has 1 aliphatic heterocycles. The molecule has 1 N–H and O–H groups in total. The topological polar surface area (TPSA) is 68.6 Å². The van der Waals surface area contributed by atoms with E-state index in [0.29, 0.717) is 13.2 Å². The second kappa shape index (κ2) is 18.5. The fraction of sp³-hybridized carbons (Fsp3) is 0.400. The Hall–Kier alpha value is -4.01. The van der Waals surface area contributed by atoms with Crippen LogP contribution in [0.3, 0.4) is 0 Å². The molecule has 1 aliphatic rings. The van der Waals surface area contributed by atoms with Gasteiger partial charge in [-0.1, -0.05) is 45.4 Å². The lowest BCUT2D eigenvalue weighted by molar-refractivity contribution is -0.112. The number of hydrogen-bond donors (Lipinski definition) is 1. The van der Waals surface area contributed by atoms with Gasteiger partial charge in [0, 0.05) is 65.7 Å². The van der Waals surface area contributed by atoms with Crippen molar-refractivity contribution in [1.29, 1.82) is 0 Å². The summed E-state index contributed by atoms with van der Waals surface area (Å²) < 4.78 is 13.7. The maximum atomic E-state index is 13.6. The minimum absolute atomic E-state index is 0.0423. The average molecular weight is 667 g/mol. The molecule has 1 amide bonds. The number of anilines is 2. The maximum Gasteiger partial charge on any atom is 0.251 e. The molecule has 7 nitrogen and oxygen atoms in total. The summed E-state index contributed by atoms with van der Waals surface area (Å²) in [7, 11) is 0. The summed E-state index contributed by atoms with van der Waals surface area (Å²) in [5, 5.41) is 3.17. The summed E-state index contributed by atoms with van der Waals surface area (Å²) >= 11 is 1.78. The highest BCUT2D eigenvalue weighted by Crippen LogP contribution is 2.33. The molecule has 0 atom stereocenters. The second-order valence-electron chi connectivity index (χ2n) is 12.2. The van der Waals surface area contributed by atoms with Crippen LogP contribution in [0.4, 0.5) is 11.4 Å². The lowest BCUT2D eigenvalue weighted by Crippen LogP contribution is -2.28. The van der Waals surface area contributed by atoms with Crippen LogP contribution in [0.15, 0.2) is 89.7 Å². The van der Waals surface area contributed by atoms with Crippen LogP contribution in [0.1, 0.15) is 70.6 Å². The number of hydrogen-bond acceptors (Lipinski definition) is 6. The van der Waals surface area contributed by atoms with Gasteiger partial charge >= 0.3 is 0 Å². The molecule has 4 aromatic rings. The van der Waals surface area contributed by atoms with Crippen LogP contribution in [-0.4, -0.2) is 48.4 Å². The zero-order valence-electron chi connectivity index (χ0n) is 28.7. The predicted octanol–water partition coefficient (Wildman–Crippen LogP) is 9.48. The largest absolute Gasteiger partial charge is 0.491 e. The average Bonchev–Trinajstić information content (AvgIpc) is 3.55. The molecule has 2 heterocycles. The van der Waals surface area contributed by atoms with Crippen molar-refractivity contribution in [1.82, 2.24) is 9.55 Å². The highest BCUT2D eigenvalue weighted by molar-refractivity contribution is 7.98. The van der Waals surface area contributed by atoms with Gasteiger partial charge < -0.3 is 24.3 Å². The van der Waals surface area contributed by atoms with E-state index in [2.05, 4.69) is 89.1 Å². The van der Waals surface area contributed by atoms with Gasteiger partial charge in [0.05, 0.1) is 12.9 Å². The first-order valence-corrected chi connectivity index (χ1v) is 18.5. The van der Waals surface area contributed by atoms with Crippen molar-refractivity contribution in [2.45, 2.75) is 76.5 Å². The number of aryl methyl sites for hydroxylation is 1. The second-order valence-corrected chi connectivity index (χ2v) is 13.3. The van der Waals surface area contributed by atoms with E-state index in [1.54, 1.807) is 11.8 Å². The highest BCUT2D eigenvalue weighted by Gasteiger charge is 2.19. The first kappa shape index (κ1) is 35.3. The van der Waals surface area contributed by atoms with Gasteiger partial charge in [0.1, 0.15) is 12.4 Å². The first-order chi connectivity index (χ1) is 23.6. The van der Waals surface area contributed by atoms with Crippen LogP contribution in [0.25, 0.3) is 17.2 Å². The van der Waals surface area contributed by atoms with Crippen molar-refractivity contribution in [3.8, 4) is 16.9 Å². The summed E-state index contributed by atoms with van der Waals surface area (Å²) in [5.74, 6) is 1.66. The monoisotopic (exact) mass is 666 g/mol. The number of aromatic nitrogens is 2. The Morgan fingerprint density at radius 3 is 2.46 bits per heavy atom. The summed E-state index contributed by atoms with van der Waals surface area (Å²) in [6.45, 7) is 11.4. The number of nitrogens with zero attached hydrogens (tertiary/aromatic N) is 3. The van der Waals surface area contributed by atoms with Crippen molar-refractivity contribution in [2.24, 2.45) is 0 Å². The Labute approximate surface area is 290 Å². The molecule has 3 aromatic carbocycles. The molecule has 8 heteroatoms. The quantitative estimate of drug-likeness (QED) is 0.0895. The lowest BCUT2D eigenvalue weighted by Gasteiger charge is -2.29. The van der Waals surface area contributed by atoms with Crippen molar-refractivity contribution < 1.29 is 14.3 Å². The molecule has 0 aliphatic carbocycles. The van der Waals surface area contributed by atoms with E-state index in [-0.39, 0.29) is 5.91 Å². The Kier molecular flexibility index (Phi) is 13.6. The van der Waals surface area contributed by atoms with Crippen LogP contribution in [0, 0.1) is 0 Å². The van der Waals surface area contributed by atoms with Crippen LogP contribution in [-0.2, 0) is 21.8 Å². The number of carbonyl (C=O) groups excluding carboxylic acids is 1. The summed E-state index contributed by atoms with van der Waals surface area (Å²) in [4.78, 5) is 21.6. The van der Waals surface area contributed by atoms with Crippen LogP contribution in [0.2, 0.25) is 0 Å². The summed E-state index contributed by atoms with van der Waals surface area (Å²) in [6.07, 6.45) is 12.0. The standard InChI is InChI=1S/C40H50N4O3S/c1-4-7-23-46-24-25-47-37-15-10-31(11-16-37)32-12-19-39-34(26-32)27-33(9-8-22-43(39)20-5-2)40(45)42-35-13-17-38(18-14-35)48-29-36-28-41-30-44(36)21-6-3/h10-19,26-28,30H,4-9,20-25,29H2,1-3H3,(H,42,45). The van der Waals surface area contributed by atoms with Gasteiger partial charge in [-0.05, 0) is 103 Å². The van der Waals surface area contributed by atoms with Gasteiger partial charge in [0.2, 0.25) is 0 Å². The Balaban J connectivity index is 1.27. The fourth-order valence-electron chi connectivity index (χ4n) is 5.88. The predicted molar refractivity (Wildman–Crippen MR) is 200 cm³/mol. The molecule has 0 saturated carbocycles. The molecular formula is C40H50N4O3S. The van der Waals surface area contributed by atoms with Crippen LogP contribution in [0.5, 0.6) is 5.75 Å². The van der Waals surface area contributed by atoms with Crippen molar-refractivity contribution in [3.63, 3.8) is 0 Å². The van der Waals surface area contributed by atoms with Gasteiger partial charge in [0.25, 0.3) is 5.91 Å². The number of benzene rings is 3. The van der Waals surface area contributed by atoms with Gasteiger partial charge in [-0.25, -0.2) is 4.98 Å². The van der Waals surface area contributed by atoms with E-state index in [0.717, 1.165) is 109 Å². The number of ether oxygens (including phenoxy) is 2. The van der Waals surface area contributed by atoms with Crippen molar-refractivity contribution in [3.05, 3.63) is 96.1 Å². The zero-order chi connectivity index (χ0) is 33.6. The molecule has 0 saturated heterocycles. The SMILES string of the molecule is CCCCOCCOc1ccc(-c2ccc3c(c2)C=C(C(=O)Nc2ccc(SCc4cncn4CCC)cc2)CCCN3CCC)cc1. The van der Waals surface area contributed by atoms with Crippen molar-refractivity contribution >= 4 is 35.1 Å². The van der Waals surface area contributed by atoms with Crippen molar-refractivity contribution in [2.75, 3.05) is 43.1 Å². The molecule has 48 heavy (non-hydrogen) atoms. The number of imidazole rings is 1. The van der Waals surface area contributed by atoms with Gasteiger partial charge in [-0.3, -0.25) is 4.79 Å². The number of thioether (sulfide) groups is 1. The summed E-state index contributed by atoms with van der Waals surface area (Å²) in [6, 6.07) is 23.0. The number of carbonyl (C=O) groups is 1. The molecule has 1 aromatic heterocycles. The minimum atomic E-state index is -0.0423. The Morgan fingerprint density at radius 1 is 0.896 bits per heavy atom. The third-order valence-electron chi connectivity index (χ3n) is 8.45. The molecule has 0 radical (unpaired) electrons. The number of amides is 1. The normalized spacial score (nSPS) is 13.0. The smallest absolute Gasteiger partial charge is 0.251 e. The molecule has 0 unspecified atom stereocenters. The number of fused-ring (bicyclic) bond motifs is 1. The molecule has 0 bridgehead atoms. The van der Waals surface area contributed by atoms with Gasteiger partial charge in [0.15, 0.2) is 0 Å². The first-order valence-electron chi connectivity index (χ1n) is 17.5. The van der Waals surface area contributed by atoms with Gasteiger partial charge in [-0.15, -0.1) is 11.8 Å². The number of nitrogens with one attached hydrogen (secondary N) is 1. The molecule has 254 valence electrons. The molecule has 0 fully saturated rings. The van der Waals surface area contributed by atoms with Crippen LogP contribution >= 0.6 is 11.8 Å². The third-order valence-corrected chi connectivity index (χ3v) is 9.49. The number of rotatable bonds is 17. The molecular weight excluding hydrogens is 617 g/mol. The number of unbranched alkanes of at least 4 members (excludes halogenated alkanes) is 1. The zero-order valence-corrected chi connectivity index (χ0v) is 29.6. The Morgan fingerprint density at radius 2 is 1.69 bits per heavy atom. The van der Waals surface area contributed by atoms with E-state index in [1.807, 2.05) is 36.8 Å². The molecule has 0 spiro atoms.